The third-order valence-corrected chi connectivity index (χ3v) is 8.67. The standard InChI is InChI=1S/C26H37N7O4/c1-16(2)21(29-22(34)17-5-4-10-27-14-17)23(35)32-11-8-26(9-12-32)24(36)31(3)25(37)33(26)19-6-7-20-18(13-19)15-28-30-20/h4-5,10,14,16,18-21,28,30H,6-9,11-13,15H2,1-3H3,(H,29,34)/t18?,19?,20?,21-/m1/s1. The number of carbonyl (C=O) groups excluding carboxylic acids is 4. The van der Waals surface area contributed by atoms with Crippen LogP contribution in [0.2, 0.25) is 0 Å². The summed E-state index contributed by atoms with van der Waals surface area (Å²) in [4.78, 5) is 61.9. The van der Waals surface area contributed by atoms with Gasteiger partial charge in [0.1, 0.15) is 11.6 Å². The first kappa shape index (κ1) is 25.6. The van der Waals surface area contributed by atoms with E-state index in [-0.39, 0.29) is 35.7 Å². The van der Waals surface area contributed by atoms with Crippen LogP contribution in [0.25, 0.3) is 0 Å². The van der Waals surface area contributed by atoms with E-state index in [0.29, 0.717) is 43.5 Å². The maximum absolute atomic E-state index is 13.5. The number of hydrogen-bond acceptors (Lipinski definition) is 7. The Balaban J connectivity index is 1.29. The number of nitrogens with one attached hydrogen (secondary N) is 3. The van der Waals surface area contributed by atoms with E-state index in [1.54, 1.807) is 30.3 Å². The predicted molar refractivity (Wildman–Crippen MR) is 135 cm³/mol. The zero-order valence-corrected chi connectivity index (χ0v) is 21.8. The average Bonchev–Trinajstić information content (AvgIpc) is 3.45. The molecule has 0 aromatic carbocycles. The molecule has 1 saturated carbocycles. The molecule has 5 amide bonds. The third kappa shape index (κ3) is 4.48. The molecular weight excluding hydrogens is 474 g/mol. The van der Waals surface area contributed by atoms with Gasteiger partial charge in [-0.3, -0.25) is 35.1 Å². The largest absolute Gasteiger partial charge is 0.341 e. The Hall–Kier alpha value is -3.05. The summed E-state index contributed by atoms with van der Waals surface area (Å²) < 4.78 is 0. The van der Waals surface area contributed by atoms with Gasteiger partial charge < -0.3 is 15.1 Å². The van der Waals surface area contributed by atoms with E-state index in [1.807, 2.05) is 18.7 Å². The van der Waals surface area contributed by atoms with Crippen LogP contribution in [-0.4, -0.2) is 93.8 Å². The summed E-state index contributed by atoms with van der Waals surface area (Å²) in [6.45, 7) is 5.38. The van der Waals surface area contributed by atoms with Crippen LogP contribution in [0.4, 0.5) is 4.79 Å². The number of rotatable bonds is 5. The second-order valence-electron chi connectivity index (χ2n) is 11.2. The molecule has 1 aromatic rings. The number of nitrogens with zero attached hydrogens (tertiary/aromatic N) is 4. The lowest BCUT2D eigenvalue weighted by Crippen LogP contribution is -2.62. The van der Waals surface area contributed by atoms with E-state index in [2.05, 4.69) is 21.2 Å². The summed E-state index contributed by atoms with van der Waals surface area (Å²) in [6, 6.07) is 2.84. The first-order valence-corrected chi connectivity index (χ1v) is 13.3. The molecule has 3 aliphatic heterocycles. The molecule has 5 rings (SSSR count). The Kier molecular flexibility index (Phi) is 6.93. The maximum Gasteiger partial charge on any atom is 0.327 e. The van der Waals surface area contributed by atoms with E-state index >= 15 is 0 Å². The normalized spacial score (nSPS) is 28.1. The van der Waals surface area contributed by atoms with Crippen LogP contribution in [0.15, 0.2) is 24.5 Å². The lowest BCUT2D eigenvalue weighted by atomic mass is 9.78. The molecule has 4 atom stereocenters. The van der Waals surface area contributed by atoms with Gasteiger partial charge in [-0.1, -0.05) is 13.8 Å². The van der Waals surface area contributed by atoms with Crippen LogP contribution in [0.3, 0.4) is 0 Å². The van der Waals surface area contributed by atoms with Gasteiger partial charge in [-0.25, -0.2) is 4.79 Å². The van der Waals surface area contributed by atoms with Crippen LogP contribution in [0.5, 0.6) is 0 Å². The molecule has 0 bridgehead atoms. The van der Waals surface area contributed by atoms with Crippen LogP contribution >= 0.6 is 0 Å². The van der Waals surface area contributed by atoms with Gasteiger partial charge in [0.15, 0.2) is 0 Å². The number of pyridine rings is 1. The second kappa shape index (κ2) is 10.0. The van der Waals surface area contributed by atoms with E-state index in [0.717, 1.165) is 25.8 Å². The fraction of sp³-hybridized carbons (Fsp3) is 0.654. The minimum absolute atomic E-state index is 0.00813. The molecule has 4 fully saturated rings. The number of fused-ring (bicyclic) bond motifs is 1. The van der Waals surface area contributed by atoms with Crippen molar-refractivity contribution in [3.63, 3.8) is 0 Å². The fourth-order valence-corrected chi connectivity index (χ4v) is 6.55. The number of piperidine rings is 1. The second-order valence-corrected chi connectivity index (χ2v) is 11.2. The summed E-state index contributed by atoms with van der Waals surface area (Å²) in [5.41, 5.74) is 6.04. The fourth-order valence-electron chi connectivity index (χ4n) is 6.55. The van der Waals surface area contributed by atoms with E-state index in [9.17, 15) is 19.2 Å². The average molecular weight is 512 g/mol. The Morgan fingerprint density at radius 3 is 2.62 bits per heavy atom. The Labute approximate surface area is 217 Å². The van der Waals surface area contributed by atoms with Gasteiger partial charge in [0, 0.05) is 51.2 Å². The minimum Gasteiger partial charge on any atom is -0.341 e. The molecule has 3 unspecified atom stereocenters. The number of carbonyl (C=O) groups is 4. The smallest absolute Gasteiger partial charge is 0.327 e. The number of hydrazine groups is 1. The molecule has 0 radical (unpaired) electrons. The van der Waals surface area contributed by atoms with Gasteiger partial charge in [-0.05, 0) is 56.1 Å². The van der Waals surface area contributed by atoms with E-state index < -0.39 is 11.6 Å². The Bertz CT molecular complexity index is 1060. The Morgan fingerprint density at radius 1 is 1.19 bits per heavy atom. The van der Waals surface area contributed by atoms with Crippen molar-refractivity contribution in [3.05, 3.63) is 30.1 Å². The number of likely N-dealkylation sites (tertiary alicyclic amines) is 1. The minimum atomic E-state index is -0.911. The van der Waals surface area contributed by atoms with Crippen molar-refractivity contribution >= 4 is 23.8 Å². The first-order chi connectivity index (χ1) is 17.7. The van der Waals surface area contributed by atoms with Crippen molar-refractivity contribution in [2.45, 2.75) is 69.6 Å². The summed E-state index contributed by atoms with van der Waals surface area (Å²) in [6.07, 6.45) is 6.53. The van der Waals surface area contributed by atoms with Crippen molar-refractivity contribution in [1.29, 1.82) is 0 Å². The Morgan fingerprint density at radius 2 is 1.95 bits per heavy atom. The number of imide groups is 1. The number of hydrogen-bond donors (Lipinski definition) is 3. The summed E-state index contributed by atoms with van der Waals surface area (Å²) in [7, 11) is 1.57. The van der Waals surface area contributed by atoms with Crippen molar-refractivity contribution in [3.8, 4) is 0 Å². The van der Waals surface area contributed by atoms with Crippen molar-refractivity contribution in [2.75, 3.05) is 26.7 Å². The van der Waals surface area contributed by atoms with E-state index in [4.69, 9.17) is 0 Å². The highest BCUT2D eigenvalue weighted by atomic mass is 16.2. The van der Waals surface area contributed by atoms with Crippen molar-refractivity contribution < 1.29 is 19.2 Å². The number of urea groups is 1. The van der Waals surface area contributed by atoms with Crippen LogP contribution in [0.1, 0.15) is 56.3 Å². The lowest BCUT2D eigenvalue weighted by Gasteiger charge is -2.47. The third-order valence-electron chi connectivity index (χ3n) is 8.67. The molecule has 1 aromatic heterocycles. The maximum atomic E-state index is 13.5. The molecule has 11 nitrogen and oxygen atoms in total. The quantitative estimate of drug-likeness (QED) is 0.498. The first-order valence-electron chi connectivity index (χ1n) is 13.3. The lowest BCUT2D eigenvalue weighted by molar-refractivity contribution is -0.143. The number of aromatic nitrogens is 1. The van der Waals surface area contributed by atoms with Gasteiger partial charge in [0.05, 0.1) is 5.56 Å². The highest BCUT2D eigenvalue weighted by Gasteiger charge is 2.60. The molecule has 200 valence electrons. The molecule has 3 N–H and O–H groups in total. The monoisotopic (exact) mass is 511 g/mol. The number of likely N-dealkylation sites (N-methyl/N-ethyl adjacent to an activating group) is 1. The molecule has 1 aliphatic carbocycles. The zero-order chi connectivity index (χ0) is 26.3. The molecule has 1 spiro atoms. The highest BCUT2D eigenvalue weighted by molar-refractivity contribution is 6.07. The molecule has 4 heterocycles. The zero-order valence-electron chi connectivity index (χ0n) is 21.8. The van der Waals surface area contributed by atoms with Crippen molar-refractivity contribution in [1.82, 2.24) is 35.9 Å². The van der Waals surface area contributed by atoms with Crippen LogP contribution < -0.4 is 16.2 Å². The summed E-state index contributed by atoms with van der Waals surface area (Å²) in [5, 5.41) is 2.87. The summed E-state index contributed by atoms with van der Waals surface area (Å²) in [5.74, 6) is -0.363. The SMILES string of the molecule is CC(C)[C@@H](NC(=O)c1cccnc1)C(=O)N1CCC2(CC1)C(=O)N(C)C(=O)N2C1CCC2NNCC2C1. The van der Waals surface area contributed by atoms with Crippen LogP contribution in [0, 0.1) is 11.8 Å². The topological polar surface area (TPSA) is 127 Å². The van der Waals surface area contributed by atoms with Gasteiger partial charge in [-0.2, -0.15) is 0 Å². The summed E-state index contributed by atoms with van der Waals surface area (Å²) >= 11 is 0. The van der Waals surface area contributed by atoms with Crippen LogP contribution in [-0.2, 0) is 9.59 Å². The van der Waals surface area contributed by atoms with Crippen molar-refractivity contribution in [2.24, 2.45) is 11.8 Å². The molecular formula is C26H37N7O4. The molecule has 4 aliphatic rings. The molecule has 3 saturated heterocycles. The van der Waals surface area contributed by atoms with Gasteiger partial charge in [-0.15, -0.1) is 0 Å². The highest BCUT2D eigenvalue weighted by Crippen LogP contribution is 2.42. The predicted octanol–water partition coefficient (Wildman–Crippen LogP) is 0.736. The van der Waals surface area contributed by atoms with E-state index in [1.165, 1.54) is 11.1 Å². The molecule has 11 heteroatoms. The van der Waals surface area contributed by atoms with Gasteiger partial charge in [0.2, 0.25) is 5.91 Å². The van der Waals surface area contributed by atoms with Gasteiger partial charge >= 0.3 is 6.03 Å². The van der Waals surface area contributed by atoms with Gasteiger partial charge in [0.25, 0.3) is 11.8 Å². The number of amides is 5. The molecule has 37 heavy (non-hydrogen) atoms.